The predicted octanol–water partition coefficient (Wildman–Crippen LogP) is 3.32. The number of fused-ring (bicyclic) bond motifs is 1. The third-order valence-corrected chi connectivity index (χ3v) is 6.03. The number of aliphatic hydroxyl groups excluding tert-OH is 1. The number of piperidine rings is 1. The second kappa shape index (κ2) is 15.1. The molecule has 1 saturated heterocycles. The molecular weight excluding hydrogens is 594 g/mol. The molecule has 238 valence electrons. The minimum atomic E-state index is -5.08. The summed E-state index contributed by atoms with van der Waals surface area (Å²) in [6, 6.07) is 1.68. The van der Waals surface area contributed by atoms with Crippen molar-refractivity contribution in [1.29, 1.82) is 0 Å². The Hall–Kier alpha value is -3.84. The SMILES string of the molecule is CCOCc1nn(CCOCC(F)(F)F)c2c(Nc3ccncn3)nc(N3CCC(CO)CC3)nc12.O=C(O)C(F)(F)F. The van der Waals surface area contributed by atoms with E-state index in [4.69, 9.17) is 29.3 Å². The number of nitrogens with one attached hydrogen (secondary N) is 1. The molecule has 0 unspecified atom stereocenters. The molecule has 1 aliphatic rings. The van der Waals surface area contributed by atoms with Crippen LogP contribution in [0.1, 0.15) is 25.5 Å². The van der Waals surface area contributed by atoms with Crippen LogP contribution in [0.3, 0.4) is 0 Å². The highest BCUT2D eigenvalue weighted by Crippen LogP contribution is 2.30. The minimum absolute atomic E-state index is 0.0573. The quantitative estimate of drug-likeness (QED) is 0.211. The van der Waals surface area contributed by atoms with Crippen molar-refractivity contribution in [3.05, 3.63) is 24.3 Å². The van der Waals surface area contributed by atoms with Crippen molar-refractivity contribution >= 4 is 34.6 Å². The van der Waals surface area contributed by atoms with E-state index in [0.717, 1.165) is 12.8 Å². The number of aliphatic hydroxyl groups is 1. The molecule has 3 N–H and O–H groups in total. The van der Waals surface area contributed by atoms with Crippen LogP contribution < -0.4 is 10.2 Å². The van der Waals surface area contributed by atoms with E-state index in [0.29, 0.717) is 54.0 Å². The summed E-state index contributed by atoms with van der Waals surface area (Å²) in [5, 5.41) is 24.4. The van der Waals surface area contributed by atoms with Crippen molar-refractivity contribution in [3.8, 4) is 0 Å². The maximum atomic E-state index is 12.5. The lowest BCUT2D eigenvalue weighted by atomic mass is 9.98. The molecule has 0 aromatic carbocycles. The fourth-order valence-electron chi connectivity index (χ4n) is 3.96. The summed E-state index contributed by atoms with van der Waals surface area (Å²) in [7, 11) is 0. The van der Waals surface area contributed by atoms with E-state index in [1.165, 1.54) is 11.0 Å². The fraction of sp³-hybridized carbons (Fsp3) is 0.583. The van der Waals surface area contributed by atoms with Gasteiger partial charge in [-0.05, 0) is 31.7 Å². The molecule has 0 radical (unpaired) electrons. The molecule has 1 aliphatic heterocycles. The third-order valence-electron chi connectivity index (χ3n) is 6.03. The highest BCUT2D eigenvalue weighted by molar-refractivity contribution is 5.90. The molecule has 43 heavy (non-hydrogen) atoms. The molecule has 1 fully saturated rings. The molecule has 0 atom stereocenters. The number of hydrogen-bond donors (Lipinski definition) is 3. The molecule has 3 aromatic rings. The molecule has 19 heteroatoms. The number of aliphatic carboxylic acids is 1. The Balaban J connectivity index is 0.000000646. The molecule has 3 aromatic heterocycles. The summed E-state index contributed by atoms with van der Waals surface area (Å²) in [6.45, 7) is 2.53. The van der Waals surface area contributed by atoms with E-state index < -0.39 is 24.9 Å². The van der Waals surface area contributed by atoms with Crippen LogP contribution >= 0.6 is 0 Å². The number of ether oxygens (including phenoxy) is 2. The zero-order chi connectivity index (χ0) is 31.6. The van der Waals surface area contributed by atoms with Crippen LogP contribution in [0.2, 0.25) is 0 Å². The Morgan fingerprint density at radius 1 is 1.14 bits per heavy atom. The first kappa shape index (κ1) is 33.7. The van der Waals surface area contributed by atoms with Crippen LogP contribution in [0.25, 0.3) is 11.0 Å². The molecule has 4 rings (SSSR count). The number of carbonyl (C=O) groups is 1. The standard InChI is InChI=1S/C22H29F3N8O3.C2HF3O2/c1-2-35-12-16-18-19(33(31-16)9-10-36-13-22(23,24)25)20(28-17-3-6-26-14-27-17)30-21(29-18)32-7-4-15(11-34)5-8-32;3-2(4,5)1(6)7/h3,6,14-15,34H,2,4-5,7-13H2,1H3,(H,26,27,28,29,30);(H,6,7). The smallest absolute Gasteiger partial charge is 0.475 e. The highest BCUT2D eigenvalue weighted by atomic mass is 19.4. The highest BCUT2D eigenvalue weighted by Gasteiger charge is 2.38. The van der Waals surface area contributed by atoms with Crippen LogP contribution in [-0.2, 0) is 27.4 Å². The molecular formula is C24H30F6N8O5. The maximum absolute atomic E-state index is 12.5. The number of carboxylic acids is 1. The third kappa shape index (κ3) is 10.1. The average Bonchev–Trinajstić information content (AvgIpc) is 3.31. The second-order valence-electron chi connectivity index (χ2n) is 9.18. The van der Waals surface area contributed by atoms with Crippen LogP contribution in [0.4, 0.5) is 43.9 Å². The van der Waals surface area contributed by atoms with Gasteiger partial charge in [0, 0.05) is 32.5 Å². The van der Waals surface area contributed by atoms with Crippen molar-refractivity contribution in [1.82, 2.24) is 29.7 Å². The molecule has 0 bridgehead atoms. The second-order valence-corrected chi connectivity index (χ2v) is 9.18. The monoisotopic (exact) mass is 624 g/mol. The summed E-state index contributed by atoms with van der Waals surface area (Å²) in [4.78, 5) is 28.6. The Bertz CT molecular complexity index is 1320. The first-order valence-corrected chi connectivity index (χ1v) is 13.0. The summed E-state index contributed by atoms with van der Waals surface area (Å²) >= 11 is 0. The van der Waals surface area contributed by atoms with Crippen molar-refractivity contribution in [3.63, 3.8) is 0 Å². The first-order chi connectivity index (χ1) is 20.3. The Kier molecular flexibility index (Phi) is 11.8. The van der Waals surface area contributed by atoms with Gasteiger partial charge in [-0.25, -0.2) is 19.7 Å². The van der Waals surface area contributed by atoms with Gasteiger partial charge in [-0.3, -0.25) is 4.68 Å². The topological polar surface area (TPSA) is 161 Å². The Morgan fingerprint density at radius 3 is 2.40 bits per heavy atom. The van der Waals surface area contributed by atoms with E-state index in [1.807, 2.05) is 11.8 Å². The van der Waals surface area contributed by atoms with Gasteiger partial charge in [0.1, 0.15) is 35.5 Å². The molecule has 0 saturated carbocycles. The number of aromatic nitrogens is 6. The molecule has 0 amide bonds. The van der Waals surface area contributed by atoms with Gasteiger partial charge in [-0.15, -0.1) is 0 Å². The molecule has 13 nitrogen and oxygen atoms in total. The number of halogens is 6. The van der Waals surface area contributed by atoms with Gasteiger partial charge in [-0.1, -0.05) is 0 Å². The zero-order valence-electron chi connectivity index (χ0n) is 22.9. The number of nitrogens with zero attached hydrogens (tertiary/aromatic N) is 7. The molecule has 0 spiro atoms. The van der Waals surface area contributed by atoms with Gasteiger partial charge < -0.3 is 29.9 Å². The largest absolute Gasteiger partial charge is 0.490 e. The van der Waals surface area contributed by atoms with Crippen LogP contribution in [0, 0.1) is 5.92 Å². The minimum Gasteiger partial charge on any atom is -0.475 e. The summed E-state index contributed by atoms with van der Waals surface area (Å²) in [6.07, 6.45) is -4.89. The predicted molar refractivity (Wildman–Crippen MR) is 139 cm³/mol. The number of alkyl halides is 6. The lowest BCUT2D eigenvalue weighted by molar-refractivity contribution is -0.192. The summed E-state index contributed by atoms with van der Waals surface area (Å²) in [5.74, 6) is -1.13. The van der Waals surface area contributed by atoms with E-state index in [9.17, 15) is 31.4 Å². The van der Waals surface area contributed by atoms with Gasteiger partial charge in [-0.2, -0.15) is 36.4 Å². The van der Waals surface area contributed by atoms with E-state index in [2.05, 4.69) is 20.4 Å². The van der Waals surface area contributed by atoms with E-state index >= 15 is 0 Å². The van der Waals surface area contributed by atoms with Crippen LogP contribution in [0.5, 0.6) is 0 Å². The summed E-state index contributed by atoms with van der Waals surface area (Å²) < 4.78 is 81.2. The van der Waals surface area contributed by atoms with Gasteiger partial charge in [0.05, 0.1) is 19.8 Å². The fourth-order valence-corrected chi connectivity index (χ4v) is 3.96. The first-order valence-electron chi connectivity index (χ1n) is 13.0. The molecule has 0 aliphatic carbocycles. The van der Waals surface area contributed by atoms with E-state index in [-0.39, 0.29) is 32.3 Å². The number of anilines is 3. The Morgan fingerprint density at radius 2 is 1.84 bits per heavy atom. The molecule has 4 heterocycles. The van der Waals surface area contributed by atoms with Crippen molar-refractivity contribution < 1.29 is 50.8 Å². The van der Waals surface area contributed by atoms with Crippen LogP contribution in [0.15, 0.2) is 18.6 Å². The average molecular weight is 625 g/mol. The maximum Gasteiger partial charge on any atom is 0.490 e. The summed E-state index contributed by atoms with van der Waals surface area (Å²) in [5.41, 5.74) is 1.58. The van der Waals surface area contributed by atoms with Crippen molar-refractivity contribution in [2.24, 2.45) is 5.92 Å². The van der Waals surface area contributed by atoms with Gasteiger partial charge in [0.2, 0.25) is 5.95 Å². The zero-order valence-corrected chi connectivity index (χ0v) is 22.9. The normalized spacial score (nSPS) is 14.5. The van der Waals surface area contributed by atoms with Crippen molar-refractivity contribution in [2.75, 3.05) is 49.7 Å². The lowest BCUT2D eigenvalue weighted by Crippen LogP contribution is -2.36. The number of hydrogen-bond acceptors (Lipinski definition) is 11. The van der Waals surface area contributed by atoms with Crippen molar-refractivity contribution in [2.45, 2.75) is 45.3 Å². The Labute approximate surface area is 240 Å². The van der Waals surface area contributed by atoms with Crippen LogP contribution in [-0.4, -0.2) is 97.8 Å². The number of carboxylic acid groups (broad SMARTS) is 1. The van der Waals surface area contributed by atoms with Gasteiger partial charge in [0.25, 0.3) is 0 Å². The van der Waals surface area contributed by atoms with E-state index in [1.54, 1.807) is 12.3 Å². The number of rotatable bonds is 11. The van der Waals surface area contributed by atoms with Gasteiger partial charge >= 0.3 is 18.3 Å². The lowest BCUT2D eigenvalue weighted by Gasteiger charge is -2.31. The van der Waals surface area contributed by atoms with Gasteiger partial charge in [0.15, 0.2) is 5.82 Å².